The van der Waals surface area contributed by atoms with E-state index < -0.39 is 0 Å². The lowest BCUT2D eigenvalue weighted by Gasteiger charge is -2.31. The van der Waals surface area contributed by atoms with Crippen molar-refractivity contribution in [1.82, 2.24) is 14.9 Å². The maximum Gasteiger partial charge on any atom is 0.274 e. The molecule has 0 unspecified atom stereocenters. The van der Waals surface area contributed by atoms with E-state index in [1.54, 1.807) is 24.5 Å². The first kappa shape index (κ1) is 18.0. The number of piperidine rings is 1. The molecule has 4 rings (SSSR count). The van der Waals surface area contributed by atoms with E-state index in [-0.39, 0.29) is 18.6 Å². The van der Waals surface area contributed by atoms with Crippen LogP contribution in [0, 0.1) is 0 Å². The molecular weight excluding hydrogens is 386 g/mol. The number of likely N-dealkylation sites (tertiary alicyclic amines) is 1. The van der Waals surface area contributed by atoms with Crippen molar-refractivity contribution in [2.75, 3.05) is 19.7 Å². The van der Waals surface area contributed by atoms with E-state index in [0.717, 1.165) is 23.1 Å². The monoisotopic (exact) mass is 403 g/mol. The molecule has 3 heterocycles. The van der Waals surface area contributed by atoms with Gasteiger partial charge in [0.05, 0.1) is 15.9 Å². The maximum absolute atomic E-state index is 12.3. The van der Waals surface area contributed by atoms with Gasteiger partial charge in [-0.3, -0.25) is 9.78 Å². The molecule has 140 valence electrons. The second kappa shape index (κ2) is 8.10. The summed E-state index contributed by atoms with van der Waals surface area (Å²) in [5, 5.41) is 1.26. The summed E-state index contributed by atoms with van der Waals surface area (Å²) in [7, 11) is 0. The molecule has 0 saturated carbocycles. The summed E-state index contributed by atoms with van der Waals surface area (Å²) >= 11 is 7.66. The smallest absolute Gasteiger partial charge is 0.274 e. The number of aromatic nitrogens is 2. The van der Waals surface area contributed by atoms with Crippen LogP contribution in [0.4, 0.5) is 0 Å². The molecule has 0 N–H and O–H groups in total. The molecule has 8 heteroatoms. The van der Waals surface area contributed by atoms with Gasteiger partial charge in [0.1, 0.15) is 17.4 Å². The zero-order chi connectivity index (χ0) is 18.6. The number of pyridine rings is 1. The van der Waals surface area contributed by atoms with E-state index in [9.17, 15) is 4.79 Å². The van der Waals surface area contributed by atoms with Crippen molar-refractivity contribution in [1.29, 1.82) is 0 Å². The fourth-order valence-corrected chi connectivity index (χ4v) is 4.16. The van der Waals surface area contributed by atoms with Gasteiger partial charge < -0.3 is 14.4 Å². The Morgan fingerprint density at radius 3 is 2.85 bits per heavy atom. The number of amides is 1. The van der Waals surface area contributed by atoms with Crippen LogP contribution in [0.25, 0.3) is 10.2 Å². The topological polar surface area (TPSA) is 64.5 Å². The lowest BCUT2D eigenvalue weighted by Crippen LogP contribution is -2.43. The second-order valence-corrected chi connectivity index (χ2v) is 7.64. The predicted molar refractivity (Wildman–Crippen MR) is 105 cm³/mol. The summed E-state index contributed by atoms with van der Waals surface area (Å²) in [4.78, 5) is 22.6. The van der Waals surface area contributed by atoms with Gasteiger partial charge in [0.25, 0.3) is 11.1 Å². The molecule has 0 radical (unpaired) electrons. The fourth-order valence-electron chi connectivity index (χ4n) is 2.98. The number of benzene rings is 1. The van der Waals surface area contributed by atoms with Gasteiger partial charge in [0.15, 0.2) is 6.61 Å². The Bertz CT molecular complexity index is 926. The fraction of sp³-hybridized carbons (Fsp3) is 0.316. The van der Waals surface area contributed by atoms with E-state index in [1.165, 1.54) is 11.3 Å². The summed E-state index contributed by atoms with van der Waals surface area (Å²) in [5.41, 5.74) is 0.777. The van der Waals surface area contributed by atoms with Gasteiger partial charge in [0, 0.05) is 32.1 Å². The Morgan fingerprint density at radius 2 is 2.11 bits per heavy atom. The summed E-state index contributed by atoms with van der Waals surface area (Å²) in [5.74, 6) is 0.572. The molecule has 0 spiro atoms. The molecule has 1 aliphatic rings. The quantitative estimate of drug-likeness (QED) is 0.648. The van der Waals surface area contributed by atoms with Crippen LogP contribution in [-0.4, -0.2) is 46.6 Å². The van der Waals surface area contributed by atoms with Gasteiger partial charge in [-0.05, 0) is 24.3 Å². The molecule has 3 aromatic rings. The number of rotatable bonds is 5. The molecule has 0 aliphatic carbocycles. The average Bonchev–Trinajstić information content (AvgIpc) is 3.11. The first-order chi connectivity index (χ1) is 13.2. The number of thiazole rings is 1. The number of fused-ring (bicyclic) bond motifs is 1. The van der Waals surface area contributed by atoms with Gasteiger partial charge in [-0.15, -0.1) is 0 Å². The minimum Gasteiger partial charge on any atom is -0.482 e. The standard InChI is InChI=1S/C19H18ClN3O3S/c20-15-4-1-5-16-18(15)22-19(27-16)26-13-6-9-23(10-7-13)17(24)12-25-14-3-2-8-21-11-14/h1-5,8,11,13H,6-7,9-10,12H2. The minimum absolute atomic E-state index is 0.0214. The number of para-hydroxylation sites is 1. The summed E-state index contributed by atoms with van der Waals surface area (Å²) < 4.78 is 12.5. The number of halogens is 1. The minimum atomic E-state index is -0.0240. The summed E-state index contributed by atoms with van der Waals surface area (Å²) in [6.07, 6.45) is 4.84. The summed E-state index contributed by atoms with van der Waals surface area (Å²) in [6, 6.07) is 9.27. The zero-order valence-corrected chi connectivity index (χ0v) is 16.1. The van der Waals surface area contributed by atoms with Gasteiger partial charge in [0.2, 0.25) is 0 Å². The van der Waals surface area contributed by atoms with E-state index in [2.05, 4.69) is 9.97 Å². The second-order valence-electron chi connectivity index (χ2n) is 6.24. The number of ether oxygens (including phenoxy) is 2. The van der Waals surface area contributed by atoms with Crippen LogP contribution in [0.15, 0.2) is 42.7 Å². The molecule has 0 atom stereocenters. The third-order valence-electron chi connectivity index (χ3n) is 4.41. The molecule has 6 nitrogen and oxygen atoms in total. The predicted octanol–water partition coefficient (Wildman–Crippen LogP) is 3.79. The van der Waals surface area contributed by atoms with Crippen molar-refractivity contribution in [3.63, 3.8) is 0 Å². The van der Waals surface area contributed by atoms with Crippen LogP contribution < -0.4 is 9.47 Å². The Kier molecular flexibility index (Phi) is 5.40. The largest absolute Gasteiger partial charge is 0.482 e. The highest BCUT2D eigenvalue weighted by molar-refractivity contribution is 7.20. The number of carbonyl (C=O) groups excluding carboxylic acids is 1. The summed E-state index contributed by atoms with van der Waals surface area (Å²) in [6.45, 7) is 1.31. The van der Waals surface area contributed by atoms with Crippen molar-refractivity contribution in [2.24, 2.45) is 0 Å². The number of nitrogens with zero attached hydrogens (tertiary/aromatic N) is 3. The molecule has 27 heavy (non-hydrogen) atoms. The van der Waals surface area contributed by atoms with E-state index in [0.29, 0.717) is 29.1 Å². The Balaban J connectivity index is 1.28. The van der Waals surface area contributed by atoms with Crippen LogP contribution in [0.2, 0.25) is 5.02 Å². The highest BCUT2D eigenvalue weighted by atomic mass is 35.5. The number of carbonyl (C=O) groups is 1. The van der Waals surface area contributed by atoms with Gasteiger partial charge in [-0.1, -0.05) is 29.0 Å². The molecule has 1 fully saturated rings. The molecule has 1 aromatic carbocycles. The molecule has 0 bridgehead atoms. The maximum atomic E-state index is 12.3. The van der Waals surface area contributed by atoms with Crippen molar-refractivity contribution in [3.8, 4) is 10.9 Å². The molecule has 1 saturated heterocycles. The molecular formula is C19H18ClN3O3S. The van der Waals surface area contributed by atoms with Crippen molar-refractivity contribution < 1.29 is 14.3 Å². The van der Waals surface area contributed by atoms with E-state index in [4.69, 9.17) is 21.1 Å². The Morgan fingerprint density at radius 1 is 1.26 bits per heavy atom. The first-order valence-corrected chi connectivity index (χ1v) is 9.91. The third-order valence-corrected chi connectivity index (χ3v) is 5.63. The third kappa shape index (κ3) is 4.31. The van der Waals surface area contributed by atoms with Crippen LogP contribution in [0.5, 0.6) is 10.9 Å². The Labute approximate surface area is 165 Å². The zero-order valence-electron chi connectivity index (χ0n) is 14.5. The van der Waals surface area contributed by atoms with Crippen LogP contribution in [-0.2, 0) is 4.79 Å². The van der Waals surface area contributed by atoms with E-state index >= 15 is 0 Å². The van der Waals surface area contributed by atoms with Crippen molar-refractivity contribution >= 4 is 39.1 Å². The van der Waals surface area contributed by atoms with Gasteiger partial charge >= 0.3 is 0 Å². The van der Waals surface area contributed by atoms with Gasteiger partial charge in [-0.25, -0.2) is 4.98 Å². The number of hydrogen-bond donors (Lipinski definition) is 0. The SMILES string of the molecule is O=C(COc1cccnc1)N1CCC(Oc2nc3c(Cl)cccc3s2)CC1. The highest BCUT2D eigenvalue weighted by Crippen LogP contribution is 2.33. The van der Waals surface area contributed by atoms with Crippen molar-refractivity contribution in [3.05, 3.63) is 47.7 Å². The first-order valence-electron chi connectivity index (χ1n) is 8.71. The Hall–Kier alpha value is -2.38. The number of hydrogen-bond acceptors (Lipinski definition) is 6. The van der Waals surface area contributed by atoms with Crippen LogP contribution >= 0.6 is 22.9 Å². The normalized spacial score (nSPS) is 15.1. The lowest BCUT2D eigenvalue weighted by molar-refractivity contribution is -0.135. The lowest BCUT2D eigenvalue weighted by atomic mass is 10.1. The highest BCUT2D eigenvalue weighted by Gasteiger charge is 2.25. The molecule has 2 aromatic heterocycles. The van der Waals surface area contributed by atoms with Gasteiger partial charge in [-0.2, -0.15) is 0 Å². The van der Waals surface area contributed by atoms with E-state index in [1.807, 2.05) is 23.1 Å². The molecule has 1 amide bonds. The van der Waals surface area contributed by atoms with Crippen molar-refractivity contribution in [2.45, 2.75) is 18.9 Å². The molecule has 1 aliphatic heterocycles. The van der Waals surface area contributed by atoms with Crippen LogP contribution in [0.1, 0.15) is 12.8 Å². The average molecular weight is 404 g/mol. The van der Waals surface area contributed by atoms with Crippen LogP contribution in [0.3, 0.4) is 0 Å².